The van der Waals surface area contributed by atoms with Crippen molar-refractivity contribution in [2.45, 2.75) is 0 Å². The number of aromatic hydroxyl groups is 1. The van der Waals surface area contributed by atoms with Crippen molar-refractivity contribution in [3.8, 4) is 5.75 Å². The summed E-state index contributed by atoms with van der Waals surface area (Å²) in [5.74, 6) is 0.163. The van der Waals surface area contributed by atoms with Crippen LogP contribution in [0.5, 0.6) is 5.75 Å². The maximum atomic E-state index is 9.29. The van der Waals surface area contributed by atoms with Gasteiger partial charge in [-0.05, 0) is 48.0 Å². The number of hydrazone groups is 2. The van der Waals surface area contributed by atoms with Gasteiger partial charge >= 0.3 is 17.1 Å². The van der Waals surface area contributed by atoms with Gasteiger partial charge in [0.25, 0.3) is 0 Å². The molecular formula is C14H16CuN6OS3+2. The maximum Gasteiger partial charge on any atom is 2.00 e. The van der Waals surface area contributed by atoms with Crippen LogP contribution in [-0.2, 0) is 17.1 Å². The summed E-state index contributed by atoms with van der Waals surface area (Å²) in [5.41, 5.74) is 15.7. The Kier molecular flexibility index (Phi) is 12.2. The van der Waals surface area contributed by atoms with E-state index in [1.165, 1.54) is 6.21 Å². The molecule has 135 valence electrons. The van der Waals surface area contributed by atoms with Crippen LogP contribution in [0.3, 0.4) is 0 Å². The number of thiocarbonyl (C=S) groups is 2. The predicted molar refractivity (Wildman–Crippen MR) is 107 cm³/mol. The topological polar surface area (TPSA) is 121 Å². The number of benzene rings is 1. The Morgan fingerprint density at radius 3 is 2.12 bits per heavy atom. The molecular weight excluding hydrogens is 428 g/mol. The average Bonchev–Trinajstić information content (AvgIpc) is 3.02. The van der Waals surface area contributed by atoms with E-state index in [1.54, 1.807) is 41.8 Å². The molecule has 2 aromatic rings. The van der Waals surface area contributed by atoms with Crippen LogP contribution in [0.1, 0.15) is 10.4 Å². The van der Waals surface area contributed by atoms with Crippen LogP contribution in [0, 0.1) is 0 Å². The van der Waals surface area contributed by atoms with Gasteiger partial charge in [-0.25, -0.2) is 0 Å². The van der Waals surface area contributed by atoms with Gasteiger partial charge < -0.3 is 16.6 Å². The van der Waals surface area contributed by atoms with Crippen molar-refractivity contribution in [3.63, 3.8) is 0 Å². The Morgan fingerprint density at radius 1 is 1.00 bits per heavy atom. The fourth-order valence-corrected chi connectivity index (χ4v) is 1.98. The van der Waals surface area contributed by atoms with E-state index in [-0.39, 0.29) is 33.0 Å². The smallest absolute Gasteiger partial charge is 0.507 e. The third kappa shape index (κ3) is 11.2. The zero-order valence-corrected chi connectivity index (χ0v) is 16.1. The first-order valence-electron chi connectivity index (χ1n) is 6.47. The van der Waals surface area contributed by atoms with Gasteiger partial charge in [0.2, 0.25) is 0 Å². The zero-order chi connectivity index (χ0) is 17.8. The van der Waals surface area contributed by atoms with Gasteiger partial charge in [0.15, 0.2) is 10.2 Å². The number of nitrogens with zero attached hydrogens (tertiary/aromatic N) is 2. The monoisotopic (exact) mass is 443 g/mol. The van der Waals surface area contributed by atoms with Crippen molar-refractivity contribution in [3.05, 3.63) is 52.2 Å². The van der Waals surface area contributed by atoms with Crippen LogP contribution in [0.2, 0.25) is 0 Å². The van der Waals surface area contributed by atoms with E-state index in [0.29, 0.717) is 5.56 Å². The fourth-order valence-electron chi connectivity index (χ4n) is 1.29. The van der Waals surface area contributed by atoms with E-state index in [1.807, 2.05) is 17.5 Å². The van der Waals surface area contributed by atoms with E-state index in [0.717, 1.165) is 4.88 Å². The number of para-hydroxylation sites is 1. The van der Waals surface area contributed by atoms with Gasteiger partial charge in [-0.15, -0.1) is 11.3 Å². The number of phenolic OH excluding ortho intramolecular Hbond substituents is 1. The summed E-state index contributed by atoms with van der Waals surface area (Å²) in [7, 11) is 0. The number of rotatable bonds is 4. The molecule has 1 aromatic heterocycles. The second-order valence-corrected chi connectivity index (χ2v) is 5.90. The summed E-state index contributed by atoms with van der Waals surface area (Å²) in [6.45, 7) is 0. The molecule has 0 bridgehead atoms. The number of nitrogens with one attached hydrogen (secondary N) is 2. The Hall–Kier alpha value is -2.04. The summed E-state index contributed by atoms with van der Waals surface area (Å²) in [5, 5.41) is 19.0. The molecule has 0 aliphatic rings. The molecule has 1 heterocycles. The minimum atomic E-state index is 0. The molecule has 0 saturated heterocycles. The van der Waals surface area contributed by atoms with Crippen LogP contribution in [-0.4, -0.2) is 27.8 Å². The van der Waals surface area contributed by atoms with Crippen LogP contribution in [0.15, 0.2) is 52.0 Å². The summed E-state index contributed by atoms with van der Waals surface area (Å²) >= 11 is 10.7. The summed E-state index contributed by atoms with van der Waals surface area (Å²) in [6, 6.07) is 10.7. The molecule has 2 rings (SSSR count). The van der Waals surface area contributed by atoms with E-state index in [9.17, 15) is 5.11 Å². The average molecular weight is 444 g/mol. The van der Waals surface area contributed by atoms with E-state index >= 15 is 0 Å². The molecule has 11 heteroatoms. The summed E-state index contributed by atoms with van der Waals surface area (Å²) in [6.07, 6.45) is 3.11. The first-order chi connectivity index (χ1) is 11.5. The normalized spacial score (nSPS) is 9.76. The van der Waals surface area contributed by atoms with Gasteiger partial charge in [-0.3, -0.25) is 10.9 Å². The third-order valence-corrected chi connectivity index (χ3v) is 3.21. The van der Waals surface area contributed by atoms with Crippen molar-refractivity contribution < 1.29 is 22.2 Å². The fraction of sp³-hybridized carbons (Fsp3) is 0. The van der Waals surface area contributed by atoms with Gasteiger partial charge in [-0.2, -0.15) is 10.2 Å². The summed E-state index contributed by atoms with van der Waals surface area (Å²) in [4.78, 5) is 1.06. The van der Waals surface area contributed by atoms with Crippen LogP contribution >= 0.6 is 35.8 Å². The van der Waals surface area contributed by atoms with Gasteiger partial charge in [0.1, 0.15) is 5.75 Å². The van der Waals surface area contributed by atoms with Crippen molar-refractivity contribution in [1.82, 2.24) is 10.9 Å². The number of nitrogens with two attached hydrogens (primary N) is 2. The van der Waals surface area contributed by atoms with Crippen molar-refractivity contribution in [2.24, 2.45) is 21.7 Å². The molecule has 1 radical (unpaired) electrons. The Bertz CT molecular complexity index is 721. The molecule has 7 N–H and O–H groups in total. The largest absolute Gasteiger partial charge is 2.00 e. The summed E-state index contributed by atoms with van der Waals surface area (Å²) < 4.78 is 0. The van der Waals surface area contributed by atoms with E-state index in [4.69, 9.17) is 11.5 Å². The molecule has 7 nitrogen and oxygen atoms in total. The second kappa shape index (κ2) is 13.3. The van der Waals surface area contributed by atoms with E-state index in [2.05, 4.69) is 45.5 Å². The predicted octanol–water partition coefficient (Wildman–Crippen LogP) is 1.47. The van der Waals surface area contributed by atoms with Crippen LogP contribution in [0.4, 0.5) is 0 Å². The Labute approximate surface area is 170 Å². The van der Waals surface area contributed by atoms with Gasteiger partial charge in [0, 0.05) is 10.4 Å². The molecule has 0 unspecified atom stereocenters. The molecule has 25 heavy (non-hydrogen) atoms. The van der Waals surface area contributed by atoms with Crippen LogP contribution < -0.4 is 22.3 Å². The molecule has 0 fully saturated rings. The molecule has 0 saturated carbocycles. The Morgan fingerprint density at radius 2 is 1.60 bits per heavy atom. The number of phenols is 1. The zero-order valence-electron chi connectivity index (χ0n) is 12.7. The standard InChI is InChI=1S/C8H9N3OS.C6H7N3S2.Cu/c9-8(13)11-10-5-6-3-1-2-4-7(6)12;7-6(10)9-8-4-5-2-1-3-11-5;/h1-5,12H,(H3,9,11,13);1-4H,(H3,7,9,10);/q;;+2/b10-5+;8-4+;. The minimum Gasteiger partial charge on any atom is -0.507 e. The first kappa shape index (κ1) is 23.0. The first-order valence-corrected chi connectivity index (χ1v) is 8.17. The van der Waals surface area contributed by atoms with Gasteiger partial charge in [0.05, 0.1) is 12.4 Å². The number of hydrogen-bond acceptors (Lipinski definition) is 6. The Balaban J connectivity index is 0.000000449. The van der Waals surface area contributed by atoms with Crippen molar-refractivity contribution in [1.29, 1.82) is 0 Å². The minimum absolute atomic E-state index is 0. The maximum absolute atomic E-state index is 9.29. The van der Waals surface area contributed by atoms with Crippen molar-refractivity contribution >= 4 is 58.4 Å². The molecule has 1 aromatic carbocycles. The van der Waals surface area contributed by atoms with Gasteiger partial charge in [-0.1, -0.05) is 18.2 Å². The second-order valence-electron chi connectivity index (χ2n) is 4.04. The van der Waals surface area contributed by atoms with Crippen molar-refractivity contribution in [2.75, 3.05) is 0 Å². The SMILES string of the molecule is NC(=S)N/N=C/c1ccccc1O.NC(=S)N/N=C/c1cccs1.[Cu+2]. The van der Waals surface area contributed by atoms with Crippen LogP contribution in [0.25, 0.3) is 0 Å². The third-order valence-electron chi connectivity index (χ3n) is 2.22. The molecule has 0 spiro atoms. The quantitative estimate of drug-likeness (QED) is 0.210. The molecule has 0 amide bonds. The number of hydrogen-bond donors (Lipinski definition) is 5. The van der Waals surface area contributed by atoms with E-state index < -0.39 is 0 Å². The molecule has 0 aliphatic heterocycles. The molecule has 0 atom stereocenters. The molecule has 0 aliphatic carbocycles. The number of thiophene rings is 1.